The lowest BCUT2D eigenvalue weighted by atomic mass is 10.3. The molecular formula is C14H24N2O3. The maximum Gasteiger partial charge on any atom is 0.317 e. The molecule has 5 nitrogen and oxygen atoms in total. The van der Waals surface area contributed by atoms with Crippen molar-refractivity contribution < 1.29 is 14.7 Å². The van der Waals surface area contributed by atoms with Gasteiger partial charge >= 0.3 is 5.97 Å². The second-order valence-electron chi connectivity index (χ2n) is 5.37. The number of hydrogen-bond donors (Lipinski definition) is 1. The highest BCUT2D eigenvalue weighted by Crippen LogP contribution is 2.29. The van der Waals surface area contributed by atoms with Crippen molar-refractivity contribution in [3.63, 3.8) is 0 Å². The summed E-state index contributed by atoms with van der Waals surface area (Å²) in [4.78, 5) is 26.4. The average molecular weight is 268 g/mol. The van der Waals surface area contributed by atoms with Gasteiger partial charge in [-0.25, -0.2) is 0 Å². The van der Waals surface area contributed by atoms with Gasteiger partial charge in [-0.05, 0) is 32.6 Å². The summed E-state index contributed by atoms with van der Waals surface area (Å²) in [5, 5.41) is 8.89. The van der Waals surface area contributed by atoms with Crippen LogP contribution in [0, 0.1) is 5.92 Å². The maximum atomic E-state index is 12.2. The van der Waals surface area contributed by atoms with Gasteiger partial charge in [-0.1, -0.05) is 12.2 Å². The number of carboxylic acids is 1. The molecule has 0 radical (unpaired) electrons. The molecular weight excluding hydrogens is 244 g/mol. The molecule has 1 saturated carbocycles. The van der Waals surface area contributed by atoms with Gasteiger partial charge in [-0.2, -0.15) is 0 Å². The predicted octanol–water partition coefficient (Wildman–Crippen LogP) is 1.21. The van der Waals surface area contributed by atoms with Crippen molar-refractivity contribution in [3.8, 4) is 0 Å². The Bertz CT molecular complexity index is 351. The van der Waals surface area contributed by atoms with Crippen molar-refractivity contribution in [2.45, 2.75) is 26.7 Å². The summed E-state index contributed by atoms with van der Waals surface area (Å²) in [5.74, 6) is -0.327. The van der Waals surface area contributed by atoms with E-state index in [2.05, 4.69) is 6.58 Å². The lowest BCUT2D eigenvalue weighted by molar-refractivity contribution is -0.139. The molecule has 0 saturated heterocycles. The van der Waals surface area contributed by atoms with E-state index in [4.69, 9.17) is 5.11 Å². The van der Waals surface area contributed by atoms with E-state index >= 15 is 0 Å². The molecule has 19 heavy (non-hydrogen) atoms. The van der Waals surface area contributed by atoms with Crippen molar-refractivity contribution in [1.29, 1.82) is 0 Å². The van der Waals surface area contributed by atoms with Crippen LogP contribution in [0.2, 0.25) is 0 Å². The summed E-state index contributed by atoms with van der Waals surface area (Å²) in [5.41, 5.74) is 0.933. The quantitative estimate of drug-likeness (QED) is 0.638. The topological polar surface area (TPSA) is 60.9 Å². The third-order valence-corrected chi connectivity index (χ3v) is 3.13. The zero-order valence-electron chi connectivity index (χ0n) is 11.9. The molecule has 0 aromatic heterocycles. The number of carbonyl (C=O) groups is 2. The Hall–Kier alpha value is -1.36. The Morgan fingerprint density at radius 2 is 1.89 bits per heavy atom. The standard InChI is InChI=1S/C14H24N2O3/c1-4-16(7-11(2)3)13(17)9-15(10-14(18)19)8-12-5-6-12/h12H,2,4-10H2,1,3H3,(H,18,19). The SMILES string of the molecule is C=C(C)CN(CC)C(=O)CN(CC(=O)O)CC1CC1. The van der Waals surface area contributed by atoms with Crippen LogP contribution in [-0.2, 0) is 9.59 Å². The van der Waals surface area contributed by atoms with Gasteiger partial charge in [0.2, 0.25) is 5.91 Å². The Labute approximate surface area is 114 Å². The van der Waals surface area contributed by atoms with Gasteiger partial charge in [0.1, 0.15) is 0 Å². The summed E-state index contributed by atoms with van der Waals surface area (Å²) in [6.07, 6.45) is 2.29. The second kappa shape index (κ2) is 7.28. The van der Waals surface area contributed by atoms with Crippen molar-refractivity contribution in [1.82, 2.24) is 9.80 Å². The van der Waals surface area contributed by atoms with E-state index in [0.29, 0.717) is 25.6 Å². The molecule has 1 rings (SSSR count). The summed E-state index contributed by atoms with van der Waals surface area (Å²) in [6, 6.07) is 0. The number of nitrogens with zero attached hydrogens (tertiary/aromatic N) is 2. The predicted molar refractivity (Wildman–Crippen MR) is 73.9 cm³/mol. The Kier molecular flexibility index (Phi) is 6.02. The third-order valence-electron chi connectivity index (χ3n) is 3.13. The minimum Gasteiger partial charge on any atom is -0.480 e. The molecule has 0 atom stereocenters. The van der Waals surface area contributed by atoms with Crippen molar-refractivity contribution in [2.24, 2.45) is 5.92 Å². The first-order chi connectivity index (χ1) is 8.92. The second-order valence-corrected chi connectivity index (χ2v) is 5.37. The minimum absolute atomic E-state index is 0.0209. The summed E-state index contributed by atoms with van der Waals surface area (Å²) in [7, 11) is 0. The summed E-state index contributed by atoms with van der Waals surface area (Å²) >= 11 is 0. The molecule has 1 fully saturated rings. The first kappa shape index (κ1) is 15.7. The molecule has 0 aromatic rings. The minimum atomic E-state index is -0.878. The normalized spacial score (nSPS) is 14.5. The van der Waals surface area contributed by atoms with Crippen LogP contribution in [0.15, 0.2) is 12.2 Å². The summed E-state index contributed by atoms with van der Waals surface area (Å²) < 4.78 is 0. The number of hydrogen-bond acceptors (Lipinski definition) is 3. The van der Waals surface area contributed by atoms with Crippen LogP contribution in [0.4, 0.5) is 0 Å². The Balaban J connectivity index is 2.51. The van der Waals surface area contributed by atoms with E-state index in [1.54, 1.807) is 9.80 Å². The van der Waals surface area contributed by atoms with E-state index in [9.17, 15) is 9.59 Å². The van der Waals surface area contributed by atoms with Gasteiger partial charge in [0.05, 0.1) is 13.1 Å². The highest BCUT2D eigenvalue weighted by Gasteiger charge is 2.27. The number of rotatable bonds is 9. The molecule has 1 aliphatic rings. The third kappa shape index (κ3) is 6.38. The van der Waals surface area contributed by atoms with Gasteiger partial charge in [0, 0.05) is 19.6 Å². The summed E-state index contributed by atoms with van der Waals surface area (Å²) in [6.45, 7) is 9.61. The molecule has 1 aliphatic carbocycles. The molecule has 0 aromatic carbocycles. The number of carbonyl (C=O) groups excluding carboxylic acids is 1. The van der Waals surface area contributed by atoms with E-state index in [0.717, 1.165) is 18.4 Å². The fraction of sp³-hybridized carbons (Fsp3) is 0.714. The van der Waals surface area contributed by atoms with Crippen LogP contribution < -0.4 is 0 Å². The molecule has 1 amide bonds. The first-order valence-corrected chi connectivity index (χ1v) is 6.78. The van der Waals surface area contributed by atoms with Crippen LogP contribution >= 0.6 is 0 Å². The lowest BCUT2D eigenvalue weighted by Crippen LogP contribution is -2.43. The first-order valence-electron chi connectivity index (χ1n) is 6.78. The molecule has 0 unspecified atom stereocenters. The van der Waals surface area contributed by atoms with Gasteiger partial charge in [-0.3, -0.25) is 14.5 Å². The molecule has 1 N–H and O–H groups in total. The fourth-order valence-corrected chi connectivity index (χ4v) is 2.04. The van der Waals surface area contributed by atoms with Crippen LogP contribution in [0.25, 0.3) is 0 Å². The van der Waals surface area contributed by atoms with Crippen molar-refractivity contribution in [3.05, 3.63) is 12.2 Å². The van der Waals surface area contributed by atoms with Gasteiger partial charge < -0.3 is 10.0 Å². The number of aliphatic carboxylic acids is 1. The van der Waals surface area contributed by atoms with Crippen LogP contribution in [0.5, 0.6) is 0 Å². The molecule has 0 heterocycles. The van der Waals surface area contributed by atoms with Crippen molar-refractivity contribution in [2.75, 3.05) is 32.7 Å². The Morgan fingerprint density at radius 3 is 2.32 bits per heavy atom. The number of amides is 1. The van der Waals surface area contributed by atoms with Crippen LogP contribution in [0.3, 0.4) is 0 Å². The number of likely N-dealkylation sites (N-methyl/N-ethyl adjacent to an activating group) is 1. The Morgan fingerprint density at radius 1 is 1.26 bits per heavy atom. The van der Waals surface area contributed by atoms with E-state index in [1.165, 1.54) is 0 Å². The van der Waals surface area contributed by atoms with Crippen molar-refractivity contribution >= 4 is 11.9 Å². The zero-order valence-corrected chi connectivity index (χ0v) is 11.9. The zero-order chi connectivity index (χ0) is 14.4. The highest BCUT2D eigenvalue weighted by molar-refractivity contribution is 5.79. The van der Waals surface area contributed by atoms with Gasteiger partial charge in [0.15, 0.2) is 0 Å². The largest absolute Gasteiger partial charge is 0.480 e. The smallest absolute Gasteiger partial charge is 0.317 e. The maximum absolute atomic E-state index is 12.2. The highest BCUT2D eigenvalue weighted by atomic mass is 16.4. The van der Waals surface area contributed by atoms with E-state index in [1.807, 2.05) is 13.8 Å². The van der Waals surface area contributed by atoms with Gasteiger partial charge in [-0.15, -0.1) is 0 Å². The molecule has 108 valence electrons. The molecule has 0 aliphatic heterocycles. The van der Waals surface area contributed by atoms with Gasteiger partial charge in [0.25, 0.3) is 0 Å². The molecule has 0 spiro atoms. The van der Waals surface area contributed by atoms with Crippen LogP contribution in [-0.4, -0.2) is 59.5 Å². The average Bonchev–Trinajstić information content (AvgIpc) is 3.08. The lowest BCUT2D eigenvalue weighted by Gasteiger charge is -2.25. The monoisotopic (exact) mass is 268 g/mol. The number of carboxylic acid groups (broad SMARTS) is 1. The molecule has 0 bridgehead atoms. The van der Waals surface area contributed by atoms with E-state index < -0.39 is 5.97 Å². The fourth-order valence-electron chi connectivity index (χ4n) is 2.04. The van der Waals surface area contributed by atoms with Crippen LogP contribution in [0.1, 0.15) is 26.7 Å². The molecule has 5 heteroatoms. The van der Waals surface area contributed by atoms with E-state index in [-0.39, 0.29) is 19.0 Å².